The van der Waals surface area contributed by atoms with Crippen LogP contribution in [0.2, 0.25) is 0 Å². The predicted octanol–water partition coefficient (Wildman–Crippen LogP) is -3.40. The molecule has 0 unspecified atom stereocenters. The topological polar surface area (TPSA) is 190 Å². The van der Waals surface area contributed by atoms with E-state index in [1.807, 2.05) is 18.2 Å². The molecule has 0 bridgehead atoms. The van der Waals surface area contributed by atoms with Crippen molar-refractivity contribution in [3.63, 3.8) is 0 Å². The van der Waals surface area contributed by atoms with Gasteiger partial charge in [0.2, 0.25) is 5.79 Å². The number of hydrogen-bond donors (Lipinski definition) is 8. The van der Waals surface area contributed by atoms with E-state index in [2.05, 4.69) is 19.1 Å². The van der Waals surface area contributed by atoms with Gasteiger partial charge in [0.1, 0.15) is 49.3 Å². The molecule has 1 aromatic rings. The van der Waals surface area contributed by atoms with Gasteiger partial charge >= 0.3 is 0 Å². The van der Waals surface area contributed by atoms with Crippen molar-refractivity contribution in [2.75, 3.05) is 19.8 Å². The van der Waals surface area contributed by atoms with Crippen LogP contribution >= 0.6 is 0 Å². The number of benzene rings is 1. The van der Waals surface area contributed by atoms with Crippen LogP contribution in [0, 0.1) is 6.92 Å². The van der Waals surface area contributed by atoms with Gasteiger partial charge in [0, 0.05) is 0 Å². The van der Waals surface area contributed by atoms with Crippen molar-refractivity contribution >= 4 is 0 Å². The van der Waals surface area contributed by atoms with E-state index in [0.717, 1.165) is 0 Å². The van der Waals surface area contributed by atoms with Gasteiger partial charge in [0.25, 0.3) is 0 Å². The summed E-state index contributed by atoms with van der Waals surface area (Å²) >= 11 is 0. The first kappa shape index (κ1) is 25.0. The number of rotatable bonds is 5. The van der Waals surface area contributed by atoms with E-state index in [-0.39, 0.29) is 0 Å². The van der Waals surface area contributed by atoms with Crippen LogP contribution in [-0.4, -0.2) is 115 Å². The van der Waals surface area contributed by atoms with Crippen molar-refractivity contribution in [3.8, 4) is 0 Å². The first-order valence-electron chi connectivity index (χ1n) is 9.46. The predicted molar refractivity (Wildman–Crippen MR) is 99.8 cm³/mol. The molecule has 1 aromatic carbocycles. The number of aliphatic hydroxyl groups is 8. The maximum absolute atomic E-state index is 10.00. The molecule has 0 saturated carbocycles. The third kappa shape index (κ3) is 5.33. The van der Waals surface area contributed by atoms with Crippen LogP contribution in [-0.2, 0) is 14.2 Å². The van der Waals surface area contributed by atoms with Crippen LogP contribution in [0.5, 0.6) is 0 Å². The molecule has 0 spiro atoms. The molecule has 0 aromatic heterocycles. The maximum atomic E-state index is 10.00. The largest absolute Gasteiger partial charge is 0.394 e. The number of aliphatic hydroxyl groups excluding tert-OH is 8. The monoisotopic (exact) mass is 434 g/mol. The van der Waals surface area contributed by atoms with Crippen molar-refractivity contribution in [2.24, 2.45) is 0 Å². The van der Waals surface area contributed by atoms with Crippen LogP contribution in [0.4, 0.5) is 0 Å². The first-order valence-corrected chi connectivity index (χ1v) is 9.46. The minimum Gasteiger partial charge on any atom is -0.394 e. The fourth-order valence-electron chi connectivity index (χ4n) is 3.17. The maximum Gasteiger partial charge on any atom is 0.224 e. The fraction of sp³-hybridized carbons (Fsp3) is 0.684. The molecule has 2 aliphatic rings. The Balaban J connectivity index is 0.000000386. The van der Waals surface area contributed by atoms with Gasteiger partial charge in [-0.2, -0.15) is 0 Å². The highest BCUT2D eigenvalue weighted by Crippen LogP contribution is 2.35. The molecule has 2 heterocycles. The Labute approximate surface area is 173 Å². The highest BCUT2D eigenvalue weighted by Gasteiger charge is 2.58. The molecular formula is C19H30O11. The molecule has 3 rings (SSSR count). The second kappa shape index (κ2) is 10.9. The molecule has 9 atom stereocenters. The molecule has 0 amide bonds. The molecular weight excluding hydrogens is 404 g/mol. The van der Waals surface area contributed by atoms with E-state index in [1.54, 1.807) is 0 Å². The second-order valence-corrected chi connectivity index (χ2v) is 7.21. The van der Waals surface area contributed by atoms with Gasteiger partial charge in [-0.15, -0.1) is 0 Å². The molecule has 11 heteroatoms. The quantitative estimate of drug-likeness (QED) is 0.231. The van der Waals surface area contributed by atoms with Gasteiger partial charge in [-0.25, -0.2) is 0 Å². The second-order valence-electron chi connectivity index (χ2n) is 7.21. The van der Waals surface area contributed by atoms with Crippen LogP contribution in [0.25, 0.3) is 0 Å². The van der Waals surface area contributed by atoms with Gasteiger partial charge < -0.3 is 55.1 Å². The summed E-state index contributed by atoms with van der Waals surface area (Å²) in [5.41, 5.74) is 1.32. The number of hydrogen-bond acceptors (Lipinski definition) is 11. The summed E-state index contributed by atoms with van der Waals surface area (Å²) < 4.78 is 15.4. The molecule has 0 radical (unpaired) electrons. The molecule has 30 heavy (non-hydrogen) atoms. The lowest BCUT2D eigenvalue weighted by Crippen LogP contribution is -2.62. The lowest BCUT2D eigenvalue weighted by atomic mass is 9.99. The fourth-order valence-corrected chi connectivity index (χ4v) is 3.17. The number of aryl methyl sites for hydroxylation is 1. The lowest BCUT2D eigenvalue weighted by molar-refractivity contribution is -0.383. The Bertz CT molecular complexity index is 630. The highest BCUT2D eigenvalue weighted by molar-refractivity contribution is 5.11. The van der Waals surface area contributed by atoms with E-state index < -0.39 is 74.6 Å². The summed E-state index contributed by atoms with van der Waals surface area (Å²) in [6.07, 6.45) is -12.7. The minimum atomic E-state index is -2.22. The smallest absolute Gasteiger partial charge is 0.224 e. The lowest BCUT2D eigenvalue weighted by Gasteiger charge is -2.43. The normalized spacial score (nSPS) is 41.2. The van der Waals surface area contributed by atoms with Crippen molar-refractivity contribution in [2.45, 2.75) is 61.7 Å². The Kier molecular flexibility index (Phi) is 9.09. The van der Waals surface area contributed by atoms with Gasteiger partial charge in [0.15, 0.2) is 6.29 Å². The summed E-state index contributed by atoms with van der Waals surface area (Å²) in [5.74, 6) is -2.22. The average Bonchev–Trinajstić information content (AvgIpc) is 3.00. The Morgan fingerprint density at radius 2 is 1.43 bits per heavy atom. The number of ether oxygens (including phenoxy) is 3. The van der Waals surface area contributed by atoms with Gasteiger partial charge in [-0.1, -0.05) is 35.9 Å². The summed E-state index contributed by atoms with van der Waals surface area (Å²) in [5, 5.41) is 76.7. The molecule has 2 aliphatic heterocycles. The zero-order valence-electron chi connectivity index (χ0n) is 16.4. The standard InChI is InChI=1S/C12H22O11.C7H8/c13-1-4-6(16)8(18)9(19)11(21-4)23-12(3-15)10(20)7(17)5(2-14)22-12;1-7-5-3-2-4-6-7/h4-11,13-20H,1-3H2;2-6H,1H3/t4-,5-,6-,7-,8+,9-,10+,11-,12+;/m1./s1. The van der Waals surface area contributed by atoms with Gasteiger partial charge in [0.05, 0.1) is 13.2 Å². The molecule has 2 fully saturated rings. The first-order chi connectivity index (χ1) is 14.2. The molecule has 11 nitrogen and oxygen atoms in total. The van der Waals surface area contributed by atoms with E-state index in [4.69, 9.17) is 24.4 Å². The SMILES string of the molecule is Cc1ccccc1.OC[C@H]1O[C@@](CO)(O[C@H]2O[C@H](CO)[C@@H](O)[C@H](O)[C@H]2O)[C@@H](O)[C@@H]1O. The van der Waals surface area contributed by atoms with Crippen LogP contribution < -0.4 is 0 Å². The Morgan fingerprint density at radius 3 is 1.87 bits per heavy atom. The van der Waals surface area contributed by atoms with E-state index in [0.29, 0.717) is 0 Å². The van der Waals surface area contributed by atoms with E-state index >= 15 is 0 Å². The van der Waals surface area contributed by atoms with Crippen LogP contribution in [0.3, 0.4) is 0 Å². The summed E-state index contributed by atoms with van der Waals surface area (Å²) in [6, 6.07) is 10.3. The molecule has 2 saturated heterocycles. The van der Waals surface area contributed by atoms with Crippen molar-refractivity contribution in [3.05, 3.63) is 35.9 Å². The molecule has 0 aliphatic carbocycles. The minimum absolute atomic E-state index is 0.669. The third-order valence-corrected chi connectivity index (χ3v) is 5.01. The van der Waals surface area contributed by atoms with Crippen molar-refractivity contribution in [1.29, 1.82) is 0 Å². The summed E-state index contributed by atoms with van der Waals surface area (Å²) in [7, 11) is 0. The third-order valence-electron chi connectivity index (χ3n) is 5.01. The van der Waals surface area contributed by atoms with E-state index in [1.165, 1.54) is 5.56 Å². The van der Waals surface area contributed by atoms with Crippen LogP contribution in [0.1, 0.15) is 5.56 Å². The van der Waals surface area contributed by atoms with Crippen molar-refractivity contribution < 1.29 is 55.1 Å². The van der Waals surface area contributed by atoms with E-state index in [9.17, 15) is 30.6 Å². The van der Waals surface area contributed by atoms with Gasteiger partial charge in [-0.3, -0.25) is 0 Å². The highest BCUT2D eigenvalue weighted by atomic mass is 16.8. The summed E-state index contributed by atoms with van der Waals surface area (Å²) in [6.45, 7) is -0.239. The summed E-state index contributed by atoms with van der Waals surface area (Å²) in [4.78, 5) is 0. The Morgan fingerprint density at radius 1 is 0.833 bits per heavy atom. The molecule has 8 N–H and O–H groups in total. The average molecular weight is 434 g/mol. The zero-order valence-corrected chi connectivity index (χ0v) is 16.4. The zero-order chi connectivity index (χ0) is 22.5. The van der Waals surface area contributed by atoms with Gasteiger partial charge in [-0.05, 0) is 6.92 Å². The van der Waals surface area contributed by atoms with Crippen molar-refractivity contribution in [1.82, 2.24) is 0 Å². The van der Waals surface area contributed by atoms with Crippen LogP contribution in [0.15, 0.2) is 30.3 Å². The molecule has 172 valence electrons. The Hall–Kier alpha value is -1.22.